The van der Waals surface area contributed by atoms with E-state index in [4.69, 9.17) is 9.15 Å². The summed E-state index contributed by atoms with van der Waals surface area (Å²) in [6, 6.07) is 18.2. The van der Waals surface area contributed by atoms with E-state index in [0.717, 1.165) is 16.7 Å². The van der Waals surface area contributed by atoms with Crippen LogP contribution in [0, 0.1) is 6.92 Å². The second-order valence-electron chi connectivity index (χ2n) is 7.59. The Morgan fingerprint density at radius 3 is 2.53 bits per heavy atom. The number of nitrogens with one attached hydrogen (secondary N) is 1. The van der Waals surface area contributed by atoms with Crippen LogP contribution in [0.2, 0.25) is 0 Å². The third-order valence-electron chi connectivity index (χ3n) is 5.57. The van der Waals surface area contributed by atoms with Crippen LogP contribution in [0.1, 0.15) is 50.5 Å². The van der Waals surface area contributed by atoms with Gasteiger partial charge >= 0.3 is 5.97 Å². The van der Waals surface area contributed by atoms with Crippen LogP contribution in [0.15, 0.2) is 71.3 Å². The standard InChI is InChI=1S/C25H21N3O4/c1-3-31-25(30)17-10-12-18(13-11-17)28-23(16-8-6-15(2)7-9-16)20-21(19-5-4-14-32-19)26-27-22(20)24(28)29/h4-14,23H,3H2,1-2H3,(H,26,27). The SMILES string of the molecule is CCOC(=O)c1ccc(N2C(=O)c3[nH]nc(-c4ccco4)c3C2c2ccc(C)cc2)cc1. The molecular weight excluding hydrogens is 406 g/mol. The second kappa shape index (κ2) is 7.85. The Morgan fingerprint density at radius 1 is 1.12 bits per heavy atom. The molecule has 0 saturated carbocycles. The number of aryl methyl sites for hydroxylation is 1. The lowest BCUT2D eigenvalue weighted by molar-refractivity contribution is 0.0526. The number of ether oxygens (including phenoxy) is 1. The molecule has 5 rings (SSSR count). The highest BCUT2D eigenvalue weighted by molar-refractivity contribution is 6.11. The Kier molecular flexibility index (Phi) is 4.86. The maximum atomic E-state index is 13.5. The van der Waals surface area contributed by atoms with Gasteiger partial charge in [-0.3, -0.25) is 14.8 Å². The minimum Gasteiger partial charge on any atom is -0.463 e. The fraction of sp³-hybridized carbons (Fsp3) is 0.160. The maximum absolute atomic E-state index is 13.5. The molecule has 2 aromatic carbocycles. The third kappa shape index (κ3) is 3.19. The van der Waals surface area contributed by atoms with Gasteiger partial charge in [0.05, 0.1) is 24.5 Å². The number of rotatable bonds is 5. The van der Waals surface area contributed by atoms with Gasteiger partial charge in [-0.05, 0) is 55.8 Å². The summed E-state index contributed by atoms with van der Waals surface area (Å²) < 4.78 is 10.7. The van der Waals surface area contributed by atoms with Gasteiger partial charge in [0.15, 0.2) is 5.76 Å². The number of amides is 1. The summed E-state index contributed by atoms with van der Waals surface area (Å²) >= 11 is 0. The van der Waals surface area contributed by atoms with Gasteiger partial charge < -0.3 is 9.15 Å². The van der Waals surface area contributed by atoms with Crippen molar-refractivity contribution in [2.75, 3.05) is 11.5 Å². The lowest BCUT2D eigenvalue weighted by Gasteiger charge is -2.26. The first-order valence-corrected chi connectivity index (χ1v) is 10.4. The van der Waals surface area contributed by atoms with Crippen molar-refractivity contribution in [2.45, 2.75) is 19.9 Å². The fourth-order valence-corrected chi connectivity index (χ4v) is 4.05. The van der Waals surface area contributed by atoms with Gasteiger partial charge in [-0.15, -0.1) is 0 Å². The average molecular weight is 427 g/mol. The normalized spacial score (nSPS) is 15.1. The summed E-state index contributed by atoms with van der Waals surface area (Å²) in [5, 5.41) is 7.29. The van der Waals surface area contributed by atoms with E-state index >= 15 is 0 Å². The second-order valence-corrected chi connectivity index (χ2v) is 7.59. The van der Waals surface area contributed by atoms with Crippen molar-refractivity contribution in [2.24, 2.45) is 0 Å². The molecule has 7 nitrogen and oxygen atoms in total. The number of furan rings is 1. The summed E-state index contributed by atoms with van der Waals surface area (Å²) in [6.45, 7) is 4.09. The van der Waals surface area contributed by atoms with E-state index in [0.29, 0.717) is 35.0 Å². The zero-order valence-corrected chi connectivity index (χ0v) is 17.7. The van der Waals surface area contributed by atoms with Gasteiger partial charge in [-0.25, -0.2) is 4.79 Å². The smallest absolute Gasteiger partial charge is 0.338 e. The highest BCUT2D eigenvalue weighted by Crippen LogP contribution is 2.45. The molecule has 7 heteroatoms. The zero-order chi connectivity index (χ0) is 22.2. The van der Waals surface area contributed by atoms with Crippen LogP contribution >= 0.6 is 0 Å². The first-order chi connectivity index (χ1) is 15.6. The summed E-state index contributed by atoms with van der Waals surface area (Å²) in [4.78, 5) is 27.2. The van der Waals surface area contributed by atoms with Crippen molar-refractivity contribution in [3.63, 3.8) is 0 Å². The molecule has 32 heavy (non-hydrogen) atoms. The number of hydrogen-bond donors (Lipinski definition) is 1. The van der Waals surface area contributed by atoms with E-state index in [1.807, 2.05) is 37.3 Å². The van der Waals surface area contributed by atoms with Gasteiger partial charge in [-0.1, -0.05) is 29.8 Å². The Morgan fingerprint density at radius 2 is 1.88 bits per heavy atom. The molecular formula is C25H21N3O4. The Hall–Kier alpha value is -4.13. The van der Waals surface area contributed by atoms with E-state index in [1.54, 1.807) is 48.4 Å². The molecule has 3 heterocycles. The monoisotopic (exact) mass is 427 g/mol. The van der Waals surface area contributed by atoms with Crippen molar-refractivity contribution >= 4 is 17.6 Å². The quantitative estimate of drug-likeness (QED) is 0.458. The molecule has 0 saturated heterocycles. The number of aromatic nitrogens is 2. The van der Waals surface area contributed by atoms with E-state index in [9.17, 15) is 9.59 Å². The van der Waals surface area contributed by atoms with Crippen molar-refractivity contribution in [3.8, 4) is 11.5 Å². The molecule has 1 aliphatic heterocycles. The minimum absolute atomic E-state index is 0.195. The van der Waals surface area contributed by atoms with Gasteiger partial charge in [0, 0.05) is 11.3 Å². The Bertz CT molecular complexity index is 1270. The number of H-pyrrole nitrogens is 1. The Balaban J connectivity index is 1.62. The van der Waals surface area contributed by atoms with Crippen LogP contribution in [0.25, 0.3) is 11.5 Å². The van der Waals surface area contributed by atoms with Crippen LogP contribution < -0.4 is 4.90 Å². The first kappa shape index (κ1) is 19.8. The lowest BCUT2D eigenvalue weighted by atomic mass is 9.97. The number of hydrogen-bond acceptors (Lipinski definition) is 5. The number of aromatic amines is 1. The highest BCUT2D eigenvalue weighted by Gasteiger charge is 2.43. The molecule has 1 amide bonds. The van der Waals surface area contributed by atoms with Crippen molar-refractivity contribution in [3.05, 3.63) is 94.9 Å². The summed E-state index contributed by atoms with van der Waals surface area (Å²) in [5.74, 6) is 0.00287. The van der Waals surface area contributed by atoms with Crippen LogP contribution in [0.5, 0.6) is 0 Å². The summed E-state index contributed by atoms with van der Waals surface area (Å²) in [7, 11) is 0. The largest absolute Gasteiger partial charge is 0.463 e. The molecule has 1 atom stereocenters. The molecule has 0 spiro atoms. The highest BCUT2D eigenvalue weighted by atomic mass is 16.5. The number of esters is 1. The molecule has 4 aromatic rings. The van der Waals surface area contributed by atoms with Crippen LogP contribution in [-0.2, 0) is 4.74 Å². The van der Waals surface area contributed by atoms with Crippen LogP contribution in [0.3, 0.4) is 0 Å². The topological polar surface area (TPSA) is 88.4 Å². The molecule has 0 aliphatic carbocycles. The van der Waals surface area contributed by atoms with E-state index in [1.165, 1.54) is 0 Å². The molecule has 160 valence electrons. The zero-order valence-electron chi connectivity index (χ0n) is 17.7. The molecule has 1 unspecified atom stereocenters. The summed E-state index contributed by atoms with van der Waals surface area (Å²) in [6.07, 6.45) is 1.58. The van der Waals surface area contributed by atoms with Gasteiger partial charge in [0.25, 0.3) is 5.91 Å². The predicted octanol–water partition coefficient (Wildman–Crippen LogP) is 4.90. The fourth-order valence-electron chi connectivity index (χ4n) is 4.05. The average Bonchev–Trinajstić information content (AvgIpc) is 3.53. The van der Waals surface area contributed by atoms with Gasteiger partial charge in [0.2, 0.25) is 0 Å². The molecule has 1 aliphatic rings. The number of carbonyl (C=O) groups excluding carboxylic acids is 2. The van der Waals surface area contributed by atoms with E-state index in [2.05, 4.69) is 10.2 Å². The van der Waals surface area contributed by atoms with E-state index < -0.39 is 12.0 Å². The third-order valence-corrected chi connectivity index (χ3v) is 5.57. The number of benzene rings is 2. The van der Waals surface area contributed by atoms with Crippen molar-refractivity contribution < 1.29 is 18.7 Å². The van der Waals surface area contributed by atoms with Crippen LogP contribution in [-0.4, -0.2) is 28.7 Å². The predicted molar refractivity (Wildman–Crippen MR) is 119 cm³/mol. The van der Waals surface area contributed by atoms with Gasteiger partial charge in [-0.2, -0.15) is 5.10 Å². The lowest BCUT2D eigenvalue weighted by Crippen LogP contribution is -2.29. The number of carbonyl (C=O) groups is 2. The number of nitrogens with zero attached hydrogens (tertiary/aromatic N) is 2. The number of fused-ring (bicyclic) bond motifs is 1. The molecule has 0 radical (unpaired) electrons. The Labute approximate surface area is 184 Å². The van der Waals surface area contributed by atoms with Crippen molar-refractivity contribution in [1.82, 2.24) is 10.2 Å². The van der Waals surface area contributed by atoms with Gasteiger partial charge in [0.1, 0.15) is 11.4 Å². The maximum Gasteiger partial charge on any atom is 0.338 e. The number of anilines is 1. The minimum atomic E-state index is -0.398. The van der Waals surface area contributed by atoms with Crippen molar-refractivity contribution in [1.29, 1.82) is 0 Å². The van der Waals surface area contributed by atoms with E-state index in [-0.39, 0.29) is 5.91 Å². The molecule has 1 N–H and O–H groups in total. The molecule has 0 fully saturated rings. The van der Waals surface area contributed by atoms with Crippen LogP contribution in [0.4, 0.5) is 5.69 Å². The summed E-state index contributed by atoms with van der Waals surface area (Å²) in [5.41, 5.74) is 4.98. The molecule has 0 bridgehead atoms. The molecule has 2 aromatic heterocycles. The first-order valence-electron chi connectivity index (χ1n) is 10.4.